The summed E-state index contributed by atoms with van der Waals surface area (Å²) in [6, 6.07) is 4.40. The zero-order valence-corrected chi connectivity index (χ0v) is 9.89. The van der Waals surface area contributed by atoms with Crippen LogP contribution in [0.3, 0.4) is 0 Å². The summed E-state index contributed by atoms with van der Waals surface area (Å²) >= 11 is 6.04. The Bertz CT molecular complexity index is 566. The summed E-state index contributed by atoms with van der Waals surface area (Å²) in [7, 11) is 0. The van der Waals surface area contributed by atoms with E-state index in [2.05, 4.69) is 4.98 Å². The van der Waals surface area contributed by atoms with Crippen molar-refractivity contribution in [1.29, 1.82) is 0 Å². The van der Waals surface area contributed by atoms with Gasteiger partial charge in [-0.1, -0.05) is 18.5 Å². The number of rotatable bonds is 3. The van der Waals surface area contributed by atoms with Gasteiger partial charge in [0.2, 0.25) is 0 Å². The van der Waals surface area contributed by atoms with Crippen LogP contribution in [-0.2, 0) is 6.42 Å². The molecule has 0 bridgehead atoms. The van der Waals surface area contributed by atoms with Gasteiger partial charge in [-0.15, -0.1) is 0 Å². The number of imidazole rings is 1. The Kier molecular flexibility index (Phi) is 3.10. The zero-order valence-electron chi connectivity index (χ0n) is 9.13. The lowest BCUT2D eigenvalue weighted by atomic mass is 10.2. The number of aryl methyl sites for hydroxylation is 1. The standard InChI is InChI=1S/C11H10ClN3O2/c1-2-11-13-5-6-14(11)10-4-3-8(15(16)17)7-9(10)12/h3-7H,2H2,1H3. The maximum Gasteiger partial charge on any atom is 0.271 e. The van der Waals surface area contributed by atoms with E-state index in [1.54, 1.807) is 18.5 Å². The molecule has 5 nitrogen and oxygen atoms in total. The molecule has 0 amide bonds. The van der Waals surface area contributed by atoms with E-state index < -0.39 is 4.92 Å². The van der Waals surface area contributed by atoms with E-state index in [-0.39, 0.29) is 5.69 Å². The van der Waals surface area contributed by atoms with Crippen molar-refractivity contribution in [3.8, 4) is 5.69 Å². The molecule has 2 rings (SSSR count). The van der Waals surface area contributed by atoms with E-state index in [1.165, 1.54) is 12.1 Å². The molecule has 1 aromatic heterocycles. The highest BCUT2D eigenvalue weighted by molar-refractivity contribution is 6.32. The monoisotopic (exact) mass is 251 g/mol. The number of hydrogen-bond donors (Lipinski definition) is 0. The lowest BCUT2D eigenvalue weighted by Gasteiger charge is -2.08. The number of hydrogen-bond acceptors (Lipinski definition) is 3. The minimum Gasteiger partial charge on any atom is -0.302 e. The highest BCUT2D eigenvalue weighted by Crippen LogP contribution is 2.26. The van der Waals surface area contributed by atoms with E-state index in [4.69, 9.17) is 11.6 Å². The van der Waals surface area contributed by atoms with Crippen molar-refractivity contribution in [2.45, 2.75) is 13.3 Å². The fourth-order valence-electron chi connectivity index (χ4n) is 1.62. The number of aromatic nitrogens is 2. The van der Waals surface area contributed by atoms with Crippen LogP contribution in [0.4, 0.5) is 5.69 Å². The van der Waals surface area contributed by atoms with E-state index in [9.17, 15) is 10.1 Å². The van der Waals surface area contributed by atoms with Crippen molar-refractivity contribution >= 4 is 17.3 Å². The maximum atomic E-state index is 10.6. The topological polar surface area (TPSA) is 61.0 Å². The Morgan fingerprint density at radius 3 is 2.88 bits per heavy atom. The van der Waals surface area contributed by atoms with Crippen LogP contribution in [0, 0.1) is 10.1 Å². The Hall–Kier alpha value is -1.88. The molecule has 17 heavy (non-hydrogen) atoms. The van der Waals surface area contributed by atoms with E-state index >= 15 is 0 Å². The molecule has 6 heteroatoms. The molecule has 1 heterocycles. The van der Waals surface area contributed by atoms with Crippen LogP contribution < -0.4 is 0 Å². The predicted molar refractivity (Wildman–Crippen MR) is 64.6 cm³/mol. The van der Waals surface area contributed by atoms with Crippen LogP contribution in [0.15, 0.2) is 30.6 Å². The summed E-state index contributed by atoms with van der Waals surface area (Å²) in [6.45, 7) is 1.98. The third-order valence-electron chi connectivity index (χ3n) is 2.44. The second kappa shape index (κ2) is 4.55. The van der Waals surface area contributed by atoms with Crippen LogP contribution in [0.25, 0.3) is 5.69 Å². The van der Waals surface area contributed by atoms with Gasteiger partial charge in [0.05, 0.1) is 15.6 Å². The minimum atomic E-state index is -0.468. The number of nitro benzene ring substituents is 1. The van der Waals surface area contributed by atoms with Gasteiger partial charge in [-0.05, 0) is 6.07 Å². The van der Waals surface area contributed by atoms with Crippen molar-refractivity contribution in [3.05, 3.63) is 51.6 Å². The SMILES string of the molecule is CCc1nccn1-c1ccc([N+](=O)[O-])cc1Cl. The summed E-state index contributed by atoms with van der Waals surface area (Å²) in [5.41, 5.74) is 0.684. The van der Waals surface area contributed by atoms with Gasteiger partial charge in [-0.2, -0.15) is 0 Å². The Morgan fingerprint density at radius 2 is 2.29 bits per heavy atom. The van der Waals surface area contributed by atoms with Crippen LogP contribution in [0.2, 0.25) is 5.02 Å². The van der Waals surface area contributed by atoms with Gasteiger partial charge in [0, 0.05) is 30.9 Å². The van der Waals surface area contributed by atoms with Crippen molar-refractivity contribution in [2.75, 3.05) is 0 Å². The summed E-state index contributed by atoms with van der Waals surface area (Å²) in [5, 5.41) is 10.9. The molecule has 0 unspecified atom stereocenters. The number of nitro groups is 1. The molecule has 0 aliphatic carbocycles. The molecule has 0 saturated carbocycles. The Labute approximate surface area is 103 Å². The van der Waals surface area contributed by atoms with Crippen LogP contribution in [0.5, 0.6) is 0 Å². The number of non-ortho nitro benzene ring substituents is 1. The van der Waals surface area contributed by atoms with Gasteiger partial charge >= 0.3 is 0 Å². The Morgan fingerprint density at radius 1 is 1.53 bits per heavy atom. The molecule has 0 aliphatic rings. The summed E-state index contributed by atoms with van der Waals surface area (Å²) in [4.78, 5) is 14.3. The average Bonchev–Trinajstić information content (AvgIpc) is 2.76. The maximum absolute atomic E-state index is 10.6. The Balaban J connectivity index is 2.50. The predicted octanol–water partition coefficient (Wildman–Crippen LogP) is 3.00. The largest absolute Gasteiger partial charge is 0.302 e. The summed E-state index contributed by atoms with van der Waals surface area (Å²) in [6.07, 6.45) is 4.22. The third-order valence-corrected chi connectivity index (χ3v) is 2.74. The molecule has 2 aromatic rings. The molecule has 0 atom stereocenters. The van der Waals surface area contributed by atoms with Crippen LogP contribution in [-0.4, -0.2) is 14.5 Å². The van der Waals surface area contributed by atoms with Crippen molar-refractivity contribution < 1.29 is 4.92 Å². The fraction of sp³-hybridized carbons (Fsp3) is 0.182. The van der Waals surface area contributed by atoms with Gasteiger partial charge < -0.3 is 4.57 Å². The molecule has 0 fully saturated rings. The van der Waals surface area contributed by atoms with E-state index in [0.29, 0.717) is 10.7 Å². The summed E-state index contributed by atoms with van der Waals surface area (Å²) < 4.78 is 1.83. The number of nitrogens with zero attached hydrogens (tertiary/aromatic N) is 3. The minimum absolute atomic E-state index is 0.0167. The first-order valence-electron chi connectivity index (χ1n) is 5.10. The van der Waals surface area contributed by atoms with Crippen molar-refractivity contribution in [1.82, 2.24) is 9.55 Å². The van der Waals surface area contributed by atoms with Gasteiger partial charge in [-0.25, -0.2) is 4.98 Å². The van der Waals surface area contributed by atoms with Gasteiger partial charge in [0.25, 0.3) is 5.69 Å². The third kappa shape index (κ3) is 2.14. The molecule has 0 spiro atoms. The van der Waals surface area contributed by atoms with E-state index in [0.717, 1.165) is 12.2 Å². The van der Waals surface area contributed by atoms with Gasteiger partial charge in [0.1, 0.15) is 5.82 Å². The van der Waals surface area contributed by atoms with E-state index in [1.807, 2.05) is 11.5 Å². The number of benzene rings is 1. The first kappa shape index (κ1) is 11.6. The lowest BCUT2D eigenvalue weighted by molar-refractivity contribution is -0.384. The first-order valence-corrected chi connectivity index (χ1v) is 5.47. The molecule has 0 saturated heterocycles. The van der Waals surface area contributed by atoms with Crippen LogP contribution in [0.1, 0.15) is 12.7 Å². The molecule has 1 aromatic carbocycles. The van der Waals surface area contributed by atoms with Gasteiger partial charge in [-0.3, -0.25) is 10.1 Å². The summed E-state index contributed by atoms with van der Waals surface area (Å²) in [5.74, 6) is 0.862. The zero-order chi connectivity index (χ0) is 12.4. The average molecular weight is 252 g/mol. The quantitative estimate of drug-likeness (QED) is 0.622. The second-order valence-corrected chi connectivity index (χ2v) is 3.87. The molecule has 0 aliphatic heterocycles. The van der Waals surface area contributed by atoms with Crippen molar-refractivity contribution in [2.24, 2.45) is 0 Å². The first-order chi connectivity index (χ1) is 8.13. The molecule has 0 radical (unpaired) electrons. The van der Waals surface area contributed by atoms with Crippen LogP contribution >= 0.6 is 11.6 Å². The normalized spacial score (nSPS) is 10.5. The number of halogens is 1. The fourth-order valence-corrected chi connectivity index (χ4v) is 1.89. The molecule has 0 N–H and O–H groups in total. The van der Waals surface area contributed by atoms with Gasteiger partial charge in [0.15, 0.2) is 0 Å². The molecule has 88 valence electrons. The molecular weight excluding hydrogens is 242 g/mol. The van der Waals surface area contributed by atoms with Crippen molar-refractivity contribution in [3.63, 3.8) is 0 Å². The second-order valence-electron chi connectivity index (χ2n) is 3.46. The molecular formula is C11H10ClN3O2. The highest BCUT2D eigenvalue weighted by atomic mass is 35.5. The lowest BCUT2D eigenvalue weighted by Crippen LogP contribution is -2.00. The highest BCUT2D eigenvalue weighted by Gasteiger charge is 2.12. The smallest absolute Gasteiger partial charge is 0.271 e.